The quantitative estimate of drug-likeness (QED) is 0.0495. The van der Waals surface area contributed by atoms with Crippen LogP contribution in [0.2, 0.25) is 0 Å². The average molecular weight is 914 g/mol. The highest BCUT2D eigenvalue weighted by Crippen LogP contribution is 2.42. The maximum absolute atomic E-state index is 12.8. The fourth-order valence-corrected chi connectivity index (χ4v) is 8.44. The summed E-state index contributed by atoms with van der Waals surface area (Å²) in [6.07, 6.45) is -18.0. The third-order valence-corrected chi connectivity index (χ3v) is 11.8. The number of carboxylic acids is 3. The normalized spacial score (nSPS) is 26.3. The molecular weight excluding hydrogens is 865 g/mol. The number of phosphoric ester groups is 1. The predicted molar refractivity (Wildman–Crippen MR) is 204 cm³/mol. The van der Waals surface area contributed by atoms with Crippen molar-refractivity contribution in [1.29, 1.82) is 0 Å². The summed E-state index contributed by atoms with van der Waals surface area (Å²) in [5, 5.41) is 91.0. The lowest BCUT2D eigenvalue weighted by atomic mass is 9.98. The summed E-state index contributed by atoms with van der Waals surface area (Å²) in [4.78, 5) is 82.0. The Morgan fingerprint density at radius 2 is 1.67 bits per heavy atom. The number of nitrogens with zero attached hydrogens (tertiary/aromatic N) is 3. The number of nitrogen functional groups attached to an aromatic ring is 1. The number of H-pyrrole nitrogens is 1. The highest BCUT2D eigenvalue weighted by atomic mass is 31.2. The van der Waals surface area contributed by atoms with E-state index in [9.17, 15) is 74.3 Å². The Labute approximate surface area is 357 Å². The monoisotopic (exact) mass is 913 g/mol. The molecule has 26 nitrogen and oxygen atoms in total. The predicted octanol–water partition coefficient (Wildman–Crippen LogP) is -7.54. The molecule has 350 valence electrons. The van der Waals surface area contributed by atoms with Crippen LogP contribution in [0.4, 0.5) is 23.1 Å². The number of nitrogens with two attached hydrogens (primary N) is 1. The zero-order valence-electron chi connectivity index (χ0n) is 33.7. The van der Waals surface area contributed by atoms with Crippen LogP contribution in [-0.4, -0.2) is 152 Å². The van der Waals surface area contributed by atoms with Crippen LogP contribution >= 0.6 is 7.82 Å². The summed E-state index contributed by atoms with van der Waals surface area (Å²) in [6, 6.07) is 4.88. The molecule has 5 rings (SSSR count). The number of hydrogen-bond donors (Lipinski definition) is 9. The molecule has 0 saturated carbocycles. The first-order valence-electron chi connectivity index (χ1n) is 19.6. The number of benzene rings is 1. The van der Waals surface area contributed by atoms with Crippen LogP contribution < -0.4 is 51.9 Å². The molecule has 3 aliphatic heterocycles. The number of phosphoric acid groups is 1. The zero-order chi connectivity index (χ0) is 46.5. The third-order valence-electron chi connectivity index (χ3n) is 10.8. The van der Waals surface area contributed by atoms with Crippen LogP contribution in [0.3, 0.4) is 0 Å². The Bertz CT molecular complexity index is 2060. The van der Waals surface area contributed by atoms with Crippen LogP contribution in [-0.2, 0) is 48.7 Å². The number of anilines is 4. The number of aliphatic hydroxyl groups excluding tert-OH is 5. The van der Waals surface area contributed by atoms with Crippen LogP contribution in [0, 0.1) is 0 Å². The molecule has 2 aromatic rings. The second-order valence-corrected chi connectivity index (χ2v) is 16.6. The second kappa shape index (κ2) is 20.7. The number of carboxylic acid groups (broad SMARTS) is 3. The van der Waals surface area contributed by atoms with Crippen LogP contribution in [0.1, 0.15) is 45.1 Å². The van der Waals surface area contributed by atoms with Crippen molar-refractivity contribution >= 4 is 54.8 Å². The number of hydrogen-bond acceptors (Lipinski definition) is 24. The van der Waals surface area contributed by atoms with Gasteiger partial charge < -0.3 is 105 Å². The molecule has 10 N–H and O–H groups in total. The van der Waals surface area contributed by atoms with Gasteiger partial charge in [-0.1, -0.05) is 12.1 Å². The standard InChI is InChI=1S/C36H52N7O19P/c1-15-26-16(2)42(14-43(26)27-31(38-15)40-36(37)41-33(27)54)18-5-3-17(4-6-18)11-20(44)28(50)21(45)12-59-35-30(52)29(51)23(61-35)13-60-63(57,58)62-22(8-10-25(48)49)32(53)39-19(34(55)56)7-9-24(46)47/h3-6,15-16,19-23,26,28-30,35,44-45,50-52H,7-14H2,1-2H3,(H,39,53)(H,46,47)(H,48,49)(H,55,56)(H,57,58)(H4,37,38,40,41,54)/p-4/t15-,16?,19-,20-,21+,22-,23+,26+,28-,29+,30+,35-/m0/s1. The van der Waals surface area contributed by atoms with Gasteiger partial charge in [-0.05, 0) is 57.2 Å². The van der Waals surface area contributed by atoms with Crippen molar-refractivity contribution < 1.29 is 88.0 Å². The summed E-state index contributed by atoms with van der Waals surface area (Å²) in [5.41, 5.74) is 7.15. The summed E-state index contributed by atoms with van der Waals surface area (Å²) < 4.78 is 32.5. The molecule has 0 radical (unpaired) electrons. The van der Waals surface area contributed by atoms with Gasteiger partial charge in [0, 0.05) is 30.1 Å². The van der Waals surface area contributed by atoms with Crippen molar-refractivity contribution in [3.8, 4) is 0 Å². The van der Waals surface area contributed by atoms with Gasteiger partial charge in [-0.15, -0.1) is 0 Å². The van der Waals surface area contributed by atoms with Crippen molar-refractivity contribution in [1.82, 2.24) is 15.3 Å². The van der Waals surface area contributed by atoms with Gasteiger partial charge in [0.25, 0.3) is 13.4 Å². The van der Waals surface area contributed by atoms with Crippen LogP contribution in [0.15, 0.2) is 29.1 Å². The van der Waals surface area contributed by atoms with Crippen molar-refractivity contribution in [2.24, 2.45) is 0 Å². The SMILES string of the molecule is CC1[C@H]2[C@H](C)Nc3nc(N)[nH]c(=O)c3N2CN1c1ccc(C[C@H](O)[C@H](O)[C@H](O)CO[C@H]2O[C@H](COP(=O)([O-])O[C@@H](CCC(=O)[O-])C(=O)N[C@@H](CCC(=O)[O-])C(=O)[O-])[C@@H](O)[C@H]2O)cc1. The fraction of sp³-hybridized carbons (Fsp3) is 0.611. The molecule has 0 aliphatic carbocycles. The van der Waals surface area contributed by atoms with Gasteiger partial charge in [0.15, 0.2) is 12.1 Å². The maximum Gasteiger partial charge on any atom is 0.278 e. The molecule has 4 heterocycles. The third kappa shape index (κ3) is 12.2. The number of aromatic nitrogens is 2. The maximum atomic E-state index is 12.8. The first-order chi connectivity index (χ1) is 29.6. The summed E-state index contributed by atoms with van der Waals surface area (Å²) in [6.45, 7) is 2.52. The van der Waals surface area contributed by atoms with Crippen molar-refractivity contribution in [2.75, 3.05) is 40.7 Å². The van der Waals surface area contributed by atoms with Gasteiger partial charge in [0.05, 0.1) is 50.1 Å². The molecule has 63 heavy (non-hydrogen) atoms. The van der Waals surface area contributed by atoms with Crippen molar-refractivity contribution in [3.05, 3.63) is 40.2 Å². The van der Waals surface area contributed by atoms with E-state index in [1.165, 1.54) is 0 Å². The van der Waals surface area contributed by atoms with E-state index in [0.29, 0.717) is 23.7 Å². The van der Waals surface area contributed by atoms with Gasteiger partial charge in [-0.3, -0.25) is 19.1 Å². The van der Waals surface area contributed by atoms with E-state index in [2.05, 4.69) is 29.2 Å². The Hall–Kier alpha value is -4.99. The molecular formula is C36H48N7O19P-4. The highest BCUT2D eigenvalue weighted by molar-refractivity contribution is 7.45. The Morgan fingerprint density at radius 3 is 2.30 bits per heavy atom. The molecule has 2 unspecified atom stereocenters. The Kier molecular flexibility index (Phi) is 16.1. The molecule has 1 aromatic heterocycles. The number of aliphatic carboxylic acids is 3. The first kappa shape index (κ1) is 49.0. The minimum absolute atomic E-state index is 0.00410. The summed E-state index contributed by atoms with van der Waals surface area (Å²) in [7, 11) is -5.63. The van der Waals surface area contributed by atoms with Crippen LogP contribution in [0.25, 0.3) is 0 Å². The van der Waals surface area contributed by atoms with E-state index >= 15 is 0 Å². The Balaban J connectivity index is 1.10. The smallest absolute Gasteiger partial charge is 0.278 e. The zero-order valence-corrected chi connectivity index (χ0v) is 34.6. The molecule has 3 aliphatic rings. The molecule has 1 aromatic carbocycles. The number of ether oxygens (including phenoxy) is 2. The van der Waals surface area contributed by atoms with E-state index in [1.807, 2.05) is 30.9 Å². The first-order valence-corrected chi connectivity index (χ1v) is 21.0. The fourth-order valence-electron chi connectivity index (χ4n) is 7.54. The molecule has 0 spiro atoms. The van der Waals surface area contributed by atoms with Crippen molar-refractivity contribution in [3.63, 3.8) is 0 Å². The number of rotatable bonds is 22. The number of amides is 1. The number of fused-ring (bicyclic) bond motifs is 3. The largest absolute Gasteiger partial charge is 0.756 e. The molecule has 2 fully saturated rings. The minimum atomic E-state index is -5.63. The van der Waals surface area contributed by atoms with E-state index in [-0.39, 0.29) is 36.1 Å². The van der Waals surface area contributed by atoms with E-state index in [4.69, 9.17) is 15.2 Å². The number of carbonyl (C=O) groups is 4. The number of nitrogens with one attached hydrogen (secondary N) is 3. The lowest BCUT2D eigenvalue weighted by Crippen LogP contribution is -2.52. The molecule has 27 heteroatoms. The molecule has 2 saturated heterocycles. The molecule has 0 bridgehead atoms. The average Bonchev–Trinajstić information content (AvgIpc) is 3.69. The van der Waals surface area contributed by atoms with E-state index < -0.39 is 126 Å². The van der Waals surface area contributed by atoms with Gasteiger partial charge in [-0.2, -0.15) is 4.98 Å². The molecule has 1 amide bonds. The Morgan fingerprint density at radius 1 is 1.02 bits per heavy atom. The van der Waals surface area contributed by atoms with Gasteiger partial charge >= 0.3 is 0 Å². The topological polar surface area (TPSA) is 418 Å². The number of carbonyl (C=O) groups excluding carboxylic acids is 4. The highest BCUT2D eigenvalue weighted by Gasteiger charge is 2.47. The van der Waals surface area contributed by atoms with Gasteiger partial charge in [0.2, 0.25) is 11.9 Å². The summed E-state index contributed by atoms with van der Waals surface area (Å²) >= 11 is 0. The van der Waals surface area contributed by atoms with Crippen molar-refractivity contribution in [2.45, 2.75) is 119 Å². The minimum Gasteiger partial charge on any atom is -0.756 e. The lowest BCUT2D eigenvalue weighted by Gasteiger charge is -2.37. The van der Waals surface area contributed by atoms with E-state index in [1.54, 1.807) is 17.4 Å². The van der Waals surface area contributed by atoms with E-state index in [0.717, 1.165) is 5.69 Å². The lowest BCUT2D eigenvalue weighted by molar-refractivity contribution is -0.311. The van der Waals surface area contributed by atoms with Gasteiger partial charge in [0.1, 0.15) is 42.3 Å². The van der Waals surface area contributed by atoms with Gasteiger partial charge in [-0.25, -0.2) is 0 Å². The molecule has 13 atom stereocenters. The second-order valence-electron chi connectivity index (χ2n) is 15.3. The summed E-state index contributed by atoms with van der Waals surface area (Å²) in [5.74, 6) is -6.49. The number of aliphatic hydroxyl groups is 5. The van der Waals surface area contributed by atoms with Crippen LogP contribution in [0.5, 0.6) is 0 Å². The number of aromatic amines is 1.